The Morgan fingerprint density at radius 1 is 1.41 bits per heavy atom. The van der Waals surface area contributed by atoms with Crippen LogP contribution in [0, 0.1) is 5.92 Å². The van der Waals surface area contributed by atoms with E-state index in [4.69, 9.17) is 4.74 Å². The van der Waals surface area contributed by atoms with Crippen molar-refractivity contribution in [1.82, 2.24) is 5.32 Å². The minimum atomic E-state index is -0.458. The highest BCUT2D eigenvalue weighted by Crippen LogP contribution is 2.28. The van der Waals surface area contributed by atoms with Gasteiger partial charge in [-0.05, 0) is 43.8 Å². The number of rotatable bonds is 4. The second-order valence-corrected chi connectivity index (χ2v) is 4.66. The fourth-order valence-electron chi connectivity index (χ4n) is 2.58. The van der Waals surface area contributed by atoms with Crippen molar-refractivity contribution in [1.29, 1.82) is 0 Å². The zero-order valence-corrected chi connectivity index (χ0v) is 10.3. The van der Waals surface area contributed by atoms with Gasteiger partial charge in [-0.25, -0.2) is 4.39 Å². The molecule has 0 spiro atoms. The molecule has 0 aliphatic carbocycles. The molecule has 1 fully saturated rings. The predicted molar refractivity (Wildman–Crippen MR) is 67.1 cm³/mol. The van der Waals surface area contributed by atoms with Gasteiger partial charge < -0.3 is 10.1 Å². The zero-order chi connectivity index (χ0) is 12.1. The summed E-state index contributed by atoms with van der Waals surface area (Å²) in [6.45, 7) is 1.72. The maximum absolute atomic E-state index is 12.8. The first-order chi connectivity index (χ1) is 8.35. The van der Waals surface area contributed by atoms with Crippen molar-refractivity contribution in [2.24, 2.45) is 5.92 Å². The molecular formula is C14H20FNO. The number of nitrogens with one attached hydrogen (secondary N) is 1. The van der Waals surface area contributed by atoms with Gasteiger partial charge in [-0.2, -0.15) is 0 Å². The molecule has 1 saturated heterocycles. The van der Waals surface area contributed by atoms with E-state index < -0.39 is 6.67 Å². The van der Waals surface area contributed by atoms with Gasteiger partial charge in [0.25, 0.3) is 0 Å². The average molecular weight is 237 g/mol. The Labute approximate surface area is 102 Å². The number of methoxy groups -OCH3 is 1. The molecule has 2 rings (SSSR count). The molecule has 1 aliphatic heterocycles. The van der Waals surface area contributed by atoms with E-state index in [1.165, 1.54) is 12.8 Å². The number of hydrogen-bond donors (Lipinski definition) is 1. The fraction of sp³-hybridized carbons (Fsp3) is 0.571. The molecule has 0 bridgehead atoms. The summed E-state index contributed by atoms with van der Waals surface area (Å²) in [6.07, 6.45) is 3.45. The van der Waals surface area contributed by atoms with E-state index in [2.05, 4.69) is 5.32 Å². The summed E-state index contributed by atoms with van der Waals surface area (Å²) in [7, 11) is 1.62. The average Bonchev–Trinajstić information content (AvgIpc) is 2.39. The smallest absolute Gasteiger partial charge is 0.127 e. The number of ether oxygens (including phenoxy) is 1. The van der Waals surface area contributed by atoms with Crippen LogP contribution in [0.25, 0.3) is 0 Å². The lowest BCUT2D eigenvalue weighted by Gasteiger charge is -2.23. The predicted octanol–water partition coefficient (Wildman–Crippen LogP) is 2.71. The second-order valence-electron chi connectivity index (χ2n) is 4.66. The fourth-order valence-corrected chi connectivity index (χ4v) is 2.58. The van der Waals surface area contributed by atoms with Crippen molar-refractivity contribution in [3.63, 3.8) is 0 Å². The molecule has 1 aliphatic rings. The van der Waals surface area contributed by atoms with Gasteiger partial charge in [-0.15, -0.1) is 0 Å². The summed E-state index contributed by atoms with van der Waals surface area (Å²) in [5, 5.41) is 3.41. The Morgan fingerprint density at radius 3 is 2.88 bits per heavy atom. The quantitative estimate of drug-likeness (QED) is 0.869. The summed E-state index contributed by atoms with van der Waals surface area (Å²) in [5.74, 6) is 1.38. The molecule has 0 aromatic heterocycles. The molecule has 94 valence electrons. The number of para-hydroxylation sites is 1. The Bertz CT molecular complexity index is 361. The van der Waals surface area contributed by atoms with Crippen LogP contribution in [0.4, 0.5) is 4.39 Å². The number of halogens is 1. The van der Waals surface area contributed by atoms with Gasteiger partial charge in [-0.1, -0.05) is 18.2 Å². The lowest BCUT2D eigenvalue weighted by atomic mass is 9.91. The van der Waals surface area contributed by atoms with Crippen molar-refractivity contribution in [2.45, 2.75) is 25.9 Å². The van der Waals surface area contributed by atoms with Crippen molar-refractivity contribution in [3.8, 4) is 5.75 Å². The number of alkyl halides is 1. The first-order valence-corrected chi connectivity index (χ1v) is 6.26. The monoisotopic (exact) mass is 237 g/mol. The molecule has 0 saturated carbocycles. The van der Waals surface area contributed by atoms with Gasteiger partial charge >= 0.3 is 0 Å². The van der Waals surface area contributed by atoms with Gasteiger partial charge in [0.15, 0.2) is 0 Å². The van der Waals surface area contributed by atoms with Gasteiger partial charge in [0.1, 0.15) is 12.4 Å². The van der Waals surface area contributed by atoms with Gasteiger partial charge in [0.2, 0.25) is 0 Å². The third-order valence-electron chi connectivity index (χ3n) is 3.43. The van der Waals surface area contributed by atoms with E-state index in [-0.39, 0.29) is 0 Å². The SMILES string of the molecule is COc1c(CF)cccc1CC1CCCNC1. The summed E-state index contributed by atoms with van der Waals surface area (Å²) >= 11 is 0. The summed E-state index contributed by atoms with van der Waals surface area (Å²) in [5.41, 5.74) is 1.80. The molecule has 1 N–H and O–H groups in total. The van der Waals surface area contributed by atoms with Gasteiger partial charge in [0.05, 0.1) is 7.11 Å². The second kappa shape index (κ2) is 6.01. The molecule has 0 radical (unpaired) electrons. The molecule has 17 heavy (non-hydrogen) atoms. The first-order valence-electron chi connectivity index (χ1n) is 6.26. The minimum absolute atomic E-state index is 0.458. The summed E-state index contributed by atoms with van der Waals surface area (Å²) < 4.78 is 18.2. The molecule has 1 aromatic rings. The van der Waals surface area contributed by atoms with Crippen molar-refractivity contribution in [2.75, 3.05) is 20.2 Å². The van der Waals surface area contributed by atoms with Crippen LogP contribution >= 0.6 is 0 Å². The molecule has 3 heteroatoms. The summed E-state index contributed by atoms with van der Waals surface area (Å²) in [6, 6.07) is 5.76. The van der Waals surface area contributed by atoms with Crippen LogP contribution in [0.1, 0.15) is 24.0 Å². The Kier molecular flexibility index (Phi) is 4.37. The zero-order valence-electron chi connectivity index (χ0n) is 10.3. The summed E-state index contributed by atoms with van der Waals surface area (Å²) in [4.78, 5) is 0. The molecule has 0 amide bonds. The number of hydrogen-bond acceptors (Lipinski definition) is 2. The first kappa shape index (κ1) is 12.4. The molecule has 1 unspecified atom stereocenters. The maximum atomic E-state index is 12.8. The highest BCUT2D eigenvalue weighted by Gasteiger charge is 2.17. The molecule has 1 aromatic carbocycles. The largest absolute Gasteiger partial charge is 0.496 e. The van der Waals surface area contributed by atoms with Crippen molar-refractivity contribution in [3.05, 3.63) is 29.3 Å². The van der Waals surface area contributed by atoms with Gasteiger partial charge in [-0.3, -0.25) is 0 Å². The van der Waals surface area contributed by atoms with E-state index in [1.54, 1.807) is 13.2 Å². The van der Waals surface area contributed by atoms with Crippen LogP contribution in [0.2, 0.25) is 0 Å². The van der Waals surface area contributed by atoms with E-state index in [1.807, 2.05) is 12.1 Å². The topological polar surface area (TPSA) is 21.3 Å². The Balaban J connectivity index is 2.13. The third kappa shape index (κ3) is 2.97. The normalized spacial score (nSPS) is 20.2. The highest BCUT2D eigenvalue weighted by atomic mass is 19.1. The standard InChI is InChI=1S/C14H20FNO/c1-17-14-12(5-2-6-13(14)9-15)8-11-4-3-7-16-10-11/h2,5-6,11,16H,3-4,7-10H2,1H3. The van der Waals surface area contributed by atoms with E-state index in [9.17, 15) is 4.39 Å². The van der Waals surface area contributed by atoms with Gasteiger partial charge in [0, 0.05) is 5.56 Å². The van der Waals surface area contributed by atoms with E-state index in [0.717, 1.165) is 30.8 Å². The lowest BCUT2D eigenvalue weighted by Crippen LogP contribution is -2.30. The molecule has 1 atom stereocenters. The van der Waals surface area contributed by atoms with Crippen LogP contribution in [0.3, 0.4) is 0 Å². The van der Waals surface area contributed by atoms with Crippen LogP contribution in [-0.2, 0) is 13.1 Å². The maximum Gasteiger partial charge on any atom is 0.127 e. The van der Waals surface area contributed by atoms with Crippen LogP contribution in [0.5, 0.6) is 5.75 Å². The van der Waals surface area contributed by atoms with Crippen LogP contribution in [0.15, 0.2) is 18.2 Å². The third-order valence-corrected chi connectivity index (χ3v) is 3.43. The Morgan fingerprint density at radius 2 is 2.24 bits per heavy atom. The minimum Gasteiger partial charge on any atom is -0.496 e. The van der Waals surface area contributed by atoms with Crippen LogP contribution < -0.4 is 10.1 Å². The van der Waals surface area contributed by atoms with Crippen molar-refractivity contribution >= 4 is 0 Å². The Hall–Kier alpha value is -1.09. The number of benzene rings is 1. The number of piperidine rings is 1. The van der Waals surface area contributed by atoms with E-state index in [0.29, 0.717) is 11.5 Å². The van der Waals surface area contributed by atoms with E-state index >= 15 is 0 Å². The van der Waals surface area contributed by atoms with Crippen LogP contribution in [-0.4, -0.2) is 20.2 Å². The lowest BCUT2D eigenvalue weighted by molar-refractivity contribution is 0.359. The van der Waals surface area contributed by atoms with Crippen molar-refractivity contribution < 1.29 is 9.13 Å². The highest BCUT2D eigenvalue weighted by molar-refractivity contribution is 5.41. The molecule has 2 nitrogen and oxygen atoms in total. The molecule has 1 heterocycles. The molecular weight excluding hydrogens is 217 g/mol.